The molecule has 0 saturated carbocycles. The van der Waals surface area contributed by atoms with E-state index in [-0.39, 0.29) is 12.1 Å². The Morgan fingerprint density at radius 1 is 1.19 bits per heavy atom. The van der Waals surface area contributed by atoms with Crippen LogP contribution in [0.2, 0.25) is 0 Å². The van der Waals surface area contributed by atoms with Gasteiger partial charge in [-0.15, -0.1) is 0 Å². The molecule has 2 N–H and O–H groups in total. The van der Waals surface area contributed by atoms with Crippen molar-refractivity contribution in [3.63, 3.8) is 0 Å². The lowest BCUT2D eigenvalue weighted by molar-refractivity contribution is 0.0437. The number of rotatable bonds is 5. The molecule has 0 fully saturated rings. The maximum Gasteiger partial charge on any atom is 0.0786 e. The Bertz CT molecular complexity index is 305. The van der Waals surface area contributed by atoms with Crippen molar-refractivity contribution in [2.75, 3.05) is 7.11 Å². The number of nitrogens with two attached hydrogens (primary N) is 1. The number of hydrogen-bond acceptors (Lipinski definition) is 2. The highest BCUT2D eigenvalue weighted by molar-refractivity contribution is 5.25. The van der Waals surface area contributed by atoms with Crippen molar-refractivity contribution in [2.45, 2.75) is 39.3 Å². The minimum Gasteiger partial charge on any atom is -0.379 e. The van der Waals surface area contributed by atoms with E-state index in [1.165, 1.54) is 5.56 Å². The highest BCUT2D eigenvalue weighted by atomic mass is 16.5. The second-order valence-electron chi connectivity index (χ2n) is 4.57. The van der Waals surface area contributed by atoms with Crippen LogP contribution < -0.4 is 5.73 Å². The maximum absolute atomic E-state index is 6.22. The van der Waals surface area contributed by atoms with Gasteiger partial charge in [-0.25, -0.2) is 0 Å². The summed E-state index contributed by atoms with van der Waals surface area (Å²) < 4.78 is 5.46. The smallest absolute Gasteiger partial charge is 0.0786 e. The van der Waals surface area contributed by atoms with Crippen molar-refractivity contribution in [3.05, 3.63) is 35.4 Å². The number of benzene rings is 1. The minimum atomic E-state index is -0.0455. The molecule has 16 heavy (non-hydrogen) atoms. The zero-order valence-electron chi connectivity index (χ0n) is 10.7. The molecule has 2 atom stereocenters. The van der Waals surface area contributed by atoms with E-state index in [0.717, 1.165) is 12.0 Å². The topological polar surface area (TPSA) is 35.2 Å². The van der Waals surface area contributed by atoms with Gasteiger partial charge in [0.1, 0.15) is 0 Å². The molecular formula is C14H23NO. The minimum absolute atomic E-state index is 0.0455. The van der Waals surface area contributed by atoms with Gasteiger partial charge in [0.05, 0.1) is 12.1 Å². The van der Waals surface area contributed by atoms with E-state index in [2.05, 4.69) is 45.0 Å². The van der Waals surface area contributed by atoms with Gasteiger partial charge in [-0.05, 0) is 23.5 Å². The van der Waals surface area contributed by atoms with Crippen LogP contribution in [0.1, 0.15) is 37.9 Å². The summed E-state index contributed by atoms with van der Waals surface area (Å²) in [4.78, 5) is 0. The molecule has 2 nitrogen and oxygen atoms in total. The van der Waals surface area contributed by atoms with E-state index in [1.54, 1.807) is 7.11 Å². The van der Waals surface area contributed by atoms with Crippen molar-refractivity contribution < 1.29 is 4.74 Å². The fourth-order valence-corrected chi connectivity index (χ4v) is 2.00. The van der Waals surface area contributed by atoms with Gasteiger partial charge in [0.25, 0.3) is 0 Å². The predicted molar refractivity (Wildman–Crippen MR) is 68.4 cm³/mol. The Labute approximate surface area is 98.8 Å². The number of ether oxygens (including phenoxy) is 1. The van der Waals surface area contributed by atoms with Gasteiger partial charge < -0.3 is 10.5 Å². The Morgan fingerprint density at radius 2 is 1.75 bits per heavy atom. The maximum atomic E-state index is 6.22. The highest BCUT2D eigenvalue weighted by Gasteiger charge is 2.22. The van der Waals surface area contributed by atoms with E-state index < -0.39 is 0 Å². The molecule has 0 aliphatic heterocycles. The molecule has 0 aromatic heterocycles. The van der Waals surface area contributed by atoms with Crippen LogP contribution in [-0.2, 0) is 11.2 Å². The first-order valence-corrected chi connectivity index (χ1v) is 5.97. The Hall–Kier alpha value is -0.860. The first-order valence-electron chi connectivity index (χ1n) is 5.97. The van der Waals surface area contributed by atoms with Crippen LogP contribution in [0, 0.1) is 5.92 Å². The van der Waals surface area contributed by atoms with Crippen molar-refractivity contribution in [3.8, 4) is 0 Å². The fourth-order valence-electron chi connectivity index (χ4n) is 2.00. The summed E-state index contributed by atoms with van der Waals surface area (Å²) in [7, 11) is 1.73. The van der Waals surface area contributed by atoms with Crippen molar-refractivity contribution in [1.82, 2.24) is 0 Å². The molecule has 0 heterocycles. The molecule has 1 aromatic carbocycles. The van der Waals surface area contributed by atoms with Gasteiger partial charge in [-0.1, -0.05) is 45.0 Å². The Morgan fingerprint density at radius 3 is 2.12 bits per heavy atom. The van der Waals surface area contributed by atoms with Crippen LogP contribution in [0.25, 0.3) is 0 Å². The molecule has 1 rings (SSSR count). The molecule has 0 aliphatic carbocycles. The molecule has 0 aliphatic rings. The van der Waals surface area contributed by atoms with E-state index in [0.29, 0.717) is 5.92 Å². The van der Waals surface area contributed by atoms with Crippen molar-refractivity contribution in [1.29, 1.82) is 0 Å². The molecule has 2 heteroatoms. The summed E-state index contributed by atoms with van der Waals surface area (Å²) in [5.41, 5.74) is 8.71. The van der Waals surface area contributed by atoms with Gasteiger partial charge in [0.2, 0.25) is 0 Å². The quantitative estimate of drug-likeness (QED) is 0.829. The van der Waals surface area contributed by atoms with Crippen LogP contribution in [0.15, 0.2) is 24.3 Å². The molecule has 0 radical (unpaired) electrons. The van der Waals surface area contributed by atoms with Gasteiger partial charge in [-0.3, -0.25) is 0 Å². The molecule has 2 unspecified atom stereocenters. The van der Waals surface area contributed by atoms with Crippen LogP contribution in [0.4, 0.5) is 0 Å². The summed E-state index contributed by atoms with van der Waals surface area (Å²) in [6.07, 6.45) is 1.14. The lowest BCUT2D eigenvalue weighted by atomic mass is 9.93. The summed E-state index contributed by atoms with van der Waals surface area (Å²) >= 11 is 0. The third kappa shape index (κ3) is 3.06. The monoisotopic (exact) mass is 221 g/mol. The largest absolute Gasteiger partial charge is 0.379 e. The van der Waals surface area contributed by atoms with Crippen LogP contribution in [0.5, 0.6) is 0 Å². The predicted octanol–water partition coefficient (Wildman–Crippen LogP) is 2.92. The lowest BCUT2D eigenvalue weighted by Gasteiger charge is -2.26. The first-order chi connectivity index (χ1) is 7.60. The lowest BCUT2D eigenvalue weighted by Crippen LogP contribution is -2.32. The average molecular weight is 221 g/mol. The second-order valence-corrected chi connectivity index (χ2v) is 4.57. The second kappa shape index (κ2) is 6.02. The zero-order chi connectivity index (χ0) is 12.1. The standard InChI is InChI=1S/C14H23NO/c1-5-11-6-8-12(9-7-11)13(15)14(16-4)10(2)3/h6-10,13-14H,5,15H2,1-4H3. The average Bonchev–Trinajstić information content (AvgIpc) is 2.29. The number of methoxy groups -OCH3 is 1. The van der Waals surface area contributed by atoms with Gasteiger partial charge in [0, 0.05) is 7.11 Å². The molecule has 0 spiro atoms. The summed E-state index contributed by atoms with van der Waals surface area (Å²) in [6.45, 7) is 6.42. The van der Waals surface area contributed by atoms with E-state index in [1.807, 2.05) is 0 Å². The number of aryl methyl sites for hydroxylation is 1. The van der Waals surface area contributed by atoms with Gasteiger partial charge in [-0.2, -0.15) is 0 Å². The van der Waals surface area contributed by atoms with Gasteiger partial charge >= 0.3 is 0 Å². The molecule has 0 bridgehead atoms. The van der Waals surface area contributed by atoms with Crippen LogP contribution in [0.3, 0.4) is 0 Å². The third-order valence-corrected chi connectivity index (χ3v) is 3.06. The normalized spacial score (nSPS) is 15.1. The molecule has 90 valence electrons. The molecular weight excluding hydrogens is 198 g/mol. The van der Waals surface area contributed by atoms with Crippen molar-refractivity contribution >= 4 is 0 Å². The van der Waals surface area contributed by atoms with Crippen molar-refractivity contribution in [2.24, 2.45) is 11.7 Å². The third-order valence-electron chi connectivity index (χ3n) is 3.06. The van der Waals surface area contributed by atoms with E-state index >= 15 is 0 Å². The first kappa shape index (κ1) is 13.2. The SMILES string of the molecule is CCc1ccc(C(N)C(OC)C(C)C)cc1. The summed E-state index contributed by atoms with van der Waals surface area (Å²) in [5, 5.41) is 0. The molecule has 0 amide bonds. The van der Waals surface area contributed by atoms with E-state index in [9.17, 15) is 0 Å². The highest BCUT2D eigenvalue weighted by Crippen LogP contribution is 2.22. The Kier molecular flexibility index (Phi) is 4.97. The molecule has 0 saturated heterocycles. The van der Waals surface area contributed by atoms with Gasteiger partial charge in [0.15, 0.2) is 0 Å². The van der Waals surface area contributed by atoms with Crippen LogP contribution >= 0.6 is 0 Å². The Balaban J connectivity index is 2.82. The fraction of sp³-hybridized carbons (Fsp3) is 0.571. The summed E-state index contributed by atoms with van der Waals surface area (Å²) in [6, 6.07) is 8.45. The summed E-state index contributed by atoms with van der Waals surface area (Å²) in [5.74, 6) is 0.422. The number of hydrogen-bond donors (Lipinski definition) is 1. The van der Waals surface area contributed by atoms with E-state index in [4.69, 9.17) is 10.5 Å². The zero-order valence-corrected chi connectivity index (χ0v) is 10.7. The molecule has 1 aromatic rings. The van der Waals surface area contributed by atoms with Crippen LogP contribution in [-0.4, -0.2) is 13.2 Å².